The minimum Gasteiger partial charge on any atom is -0.497 e. The van der Waals surface area contributed by atoms with Crippen LogP contribution >= 0.6 is 0 Å². The quantitative estimate of drug-likeness (QED) is 0.621. The molecule has 2 amide bonds. The zero-order chi connectivity index (χ0) is 21.2. The highest BCUT2D eigenvalue weighted by Crippen LogP contribution is 2.12. The van der Waals surface area contributed by atoms with Gasteiger partial charge in [-0.1, -0.05) is 18.2 Å². The van der Waals surface area contributed by atoms with Crippen LogP contribution in [0.5, 0.6) is 11.5 Å². The first kappa shape index (κ1) is 21.7. The van der Waals surface area contributed by atoms with Gasteiger partial charge in [-0.2, -0.15) is 0 Å². The largest absolute Gasteiger partial charge is 0.497 e. The third-order valence-electron chi connectivity index (χ3n) is 4.03. The molecule has 0 radical (unpaired) electrons. The average Bonchev–Trinajstić information content (AvgIpc) is 2.76. The Bertz CT molecular complexity index is 851. The van der Waals surface area contributed by atoms with E-state index in [0.717, 1.165) is 11.3 Å². The maximum absolute atomic E-state index is 12.1. The van der Waals surface area contributed by atoms with Gasteiger partial charge in [0.1, 0.15) is 18.0 Å². The maximum atomic E-state index is 12.1. The van der Waals surface area contributed by atoms with Crippen molar-refractivity contribution < 1.29 is 28.6 Å². The SMILES string of the molecule is COc1ccc(CNC(=O)[C@H](C)OC(=O)CNC(=O)c2cccc(OC)c2)cc1. The Hall–Kier alpha value is -3.55. The van der Waals surface area contributed by atoms with Gasteiger partial charge in [0, 0.05) is 12.1 Å². The lowest BCUT2D eigenvalue weighted by Gasteiger charge is -2.14. The summed E-state index contributed by atoms with van der Waals surface area (Å²) in [5.74, 6) is -0.347. The van der Waals surface area contributed by atoms with E-state index in [4.69, 9.17) is 14.2 Å². The van der Waals surface area contributed by atoms with Crippen molar-refractivity contribution in [2.24, 2.45) is 0 Å². The number of carbonyl (C=O) groups is 3. The van der Waals surface area contributed by atoms with Crippen LogP contribution in [0.2, 0.25) is 0 Å². The van der Waals surface area contributed by atoms with Gasteiger partial charge in [-0.15, -0.1) is 0 Å². The molecule has 8 nitrogen and oxygen atoms in total. The van der Waals surface area contributed by atoms with Gasteiger partial charge in [-0.25, -0.2) is 0 Å². The highest BCUT2D eigenvalue weighted by Gasteiger charge is 2.18. The van der Waals surface area contributed by atoms with Crippen molar-refractivity contribution in [2.75, 3.05) is 20.8 Å². The van der Waals surface area contributed by atoms with E-state index in [0.29, 0.717) is 11.3 Å². The number of ether oxygens (including phenoxy) is 3. The molecule has 2 rings (SSSR count). The monoisotopic (exact) mass is 400 g/mol. The summed E-state index contributed by atoms with van der Waals surface area (Å²) < 4.78 is 15.2. The van der Waals surface area contributed by atoms with E-state index >= 15 is 0 Å². The Morgan fingerprint density at radius 3 is 2.28 bits per heavy atom. The Morgan fingerprint density at radius 2 is 1.62 bits per heavy atom. The van der Waals surface area contributed by atoms with E-state index < -0.39 is 23.9 Å². The molecule has 1 atom stereocenters. The first-order valence-electron chi connectivity index (χ1n) is 8.95. The van der Waals surface area contributed by atoms with Crippen molar-refractivity contribution in [3.05, 3.63) is 59.7 Å². The molecule has 2 N–H and O–H groups in total. The first-order chi connectivity index (χ1) is 13.9. The molecule has 0 aliphatic carbocycles. The van der Waals surface area contributed by atoms with Crippen molar-refractivity contribution in [3.8, 4) is 11.5 Å². The van der Waals surface area contributed by atoms with Crippen LogP contribution in [0, 0.1) is 0 Å². The molecule has 0 heterocycles. The highest BCUT2D eigenvalue weighted by molar-refractivity contribution is 5.96. The zero-order valence-electron chi connectivity index (χ0n) is 16.6. The molecule has 29 heavy (non-hydrogen) atoms. The number of amides is 2. The van der Waals surface area contributed by atoms with Gasteiger partial charge in [0.25, 0.3) is 11.8 Å². The fourth-order valence-electron chi connectivity index (χ4n) is 2.39. The third kappa shape index (κ3) is 6.84. The van der Waals surface area contributed by atoms with E-state index in [1.807, 2.05) is 12.1 Å². The van der Waals surface area contributed by atoms with Crippen molar-refractivity contribution in [1.82, 2.24) is 10.6 Å². The van der Waals surface area contributed by atoms with Crippen LogP contribution in [0.1, 0.15) is 22.8 Å². The van der Waals surface area contributed by atoms with E-state index in [-0.39, 0.29) is 13.1 Å². The summed E-state index contributed by atoms with van der Waals surface area (Å²) in [5, 5.41) is 5.14. The Balaban J connectivity index is 1.75. The summed E-state index contributed by atoms with van der Waals surface area (Å²) in [6.07, 6.45) is -0.991. The van der Waals surface area contributed by atoms with Gasteiger partial charge in [0.2, 0.25) is 0 Å². The van der Waals surface area contributed by atoms with Gasteiger partial charge >= 0.3 is 5.97 Å². The number of carbonyl (C=O) groups excluding carboxylic acids is 3. The minimum absolute atomic E-state index is 0.289. The van der Waals surface area contributed by atoms with E-state index in [1.54, 1.807) is 43.5 Å². The fourth-order valence-corrected chi connectivity index (χ4v) is 2.39. The number of nitrogens with one attached hydrogen (secondary N) is 2. The van der Waals surface area contributed by atoms with Crippen LogP contribution in [-0.2, 0) is 20.9 Å². The predicted octanol–water partition coefficient (Wildman–Crippen LogP) is 1.68. The zero-order valence-corrected chi connectivity index (χ0v) is 16.6. The lowest BCUT2D eigenvalue weighted by Crippen LogP contribution is -2.38. The van der Waals surface area contributed by atoms with Gasteiger partial charge in [0.15, 0.2) is 6.10 Å². The summed E-state index contributed by atoms with van der Waals surface area (Å²) in [6, 6.07) is 13.7. The van der Waals surface area contributed by atoms with Crippen LogP contribution in [0.4, 0.5) is 0 Å². The van der Waals surface area contributed by atoms with Crippen LogP contribution in [0.3, 0.4) is 0 Å². The van der Waals surface area contributed by atoms with E-state index in [1.165, 1.54) is 14.0 Å². The van der Waals surface area contributed by atoms with Crippen LogP contribution in [0.25, 0.3) is 0 Å². The molecule has 2 aromatic carbocycles. The van der Waals surface area contributed by atoms with E-state index in [2.05, 4.69) is 10.6 Å². The highest BCUT2D eigenvalue weighted by atomic mass is 16.5. The second-order valence-electron chi connectivity index (χ2n) is 6.11. The number of benzene rings is 2. The van der Waals surface area contributed by atoms with Crippen LogP contribution in [-0.4, -0.2) is 44.7 Å². The van der Waals surface area contributed by atoms with Crippen molar-refractivity contribution >= 4 is 17.8 Å². The lowest BCUT2D eigenvalue weighted by molar-refractivity contribution is -0.153. The lowest BCUT2D eigenvalue weighted by atomic mass is 10.2. The Kier molecular flexibility index (Phi) is 8.02. The summed E-state index contributed by atoms with van der Waals surface area (Å²) in [4.78, 5) is 36.1. The standard InChI is InChI=1S/C21H24N2O6/c1-14(20(25)22-12-15-7-9-17(27-2)10-8-15)29-19(24)13-23-21(26)16-5-4-6-18(11-16)28-3/h4-11,14H,12-13H2,1-3H3,(H,22,25)(H,23,26)/t14-/m0/s1. The molecule has 2 aromatic rings. The van der Waals surface area contributed by atoms with Crippen molar-refractivity contribution in [2.45, 2.75) is 19.6 Å². The smallest absolute Gasteiger partial charge is 0.326 e. The average molecular weight is 400 g/mol. The Morgan fingerprint density at radius 1 is 0.931 bits per heavy atom. The molecule has 8 heteroatoms. The van der Waals surface area contributed by atoms with Crippen molar-refractivity contribution in [3.63, 3.8) is 0 Å². The number of hydrogen-bond acceptors (Lipinski definition) is 6. The topological polar surface area (TPSA) is 103 Å². The Labute approximate surface area is 169 Å². The normalized spacial score (nSPS) is 11.1. The molecule has 0 aromatic heterocycles. The van der Waals surface area contributed by atoms with Gasteiger partial charge in [-0.3, -0.25) is 14.4 Å². The molecule has 0 fully saturated rings. The van der Waals surface area contributed by atoms with Gasteiger partial charge in [0.05, 0.1) is 14.2 Å². The van der Waals surface area contributed by atoms with Crippen molar-refractivity contribution in [1.29, 1.82) is 0 Å². The minimum atomic E-state index is -0.991. The summed E-state index contributed by atoms with van der Waals surface area (Å²) in [6.45, 7) is 1.40. The fraction of sp³-hybridized carbons (Fsp3) is 0.286. The van der Waals surface area contributed by atoms with Gasteiger partial charge < -0.3 is 24.8 Å². The summed E-state index contributed by atoms with van der Waals surface area (Å²) >= 11 is 0. The molecular weight excluding hydrogens is 376 g/mol. The molecular formula is C21H24N2O6. The molecule has 0 aliphatic rings. The summed E-state index contributed by atoms with van der Waals surface area (Å²) in [5.41, 5.74) is 1.23. The molecule has 0 aliphatic heterocycles. The number of esters is 1. The van der Waals surface area contributed by atoms with Crippen LogP contribution in [0.15, 0.2) is 48.5 Å². The molecule has 0 spiro atoms. The summed E-state index contributed by atoms with van der Waals surface area (Å²) in [7, 11) is 3.07. The number of hydrogen-bond donors (Lipinski definition) is 2. The van der Waals surface area contributed by atoms with Gasteiger partial charge in [-0.05, 0) is 42.8 Å². The van der Waals surface area contributed by atoms with Crippen LogP contribution < -0.4 is 20.1 Å². The second kappa shape index (κ2) is 10.7. The molecule has 0 bridgehead atoms. The molecule has 0 saturated carbocycles. The number of rotatable bonds is 9. The first-order valence-corrected chi connectivity index (χ1v) is 8.95. The molecule has 0 unspecified atom stereocenters. The maximum Gasteiger partial charge on any atom is 0.326 e. The second-order valence-corrected chi connectivity index (χ2v) is 6.11. The third-order valence-corrected chi connectivity index (χ3v) is 4.03. The van der Waals surface area contributed by atoms with E-state index in [9.17, 15) is 14.4 Å². The molecule has 154 valence electrons. The molecule has 0 saturated heterocycles. The predicted molar refractivity (Wildman–Crippen MR) is 106 cm³/mol. The number of methoxy groups -OCH3 is 2.